The summed E-state index contributed by atoms with van der Waals surface area (Å²) >= 11 is 0. The fourth-order valence-electron chi connectivity index (χ4n) is 1.74. The van der Waals surface area contributed by atoms with Crippen LogP contribution in [0.15, 0.2) is 6.20 Å². The summed E-state index contributed by atoms with van der Waals surface area (Å²) < 4.78 is 12.2. The van der Waals surface area contributed by atoms with E-state index in [2.05, 4.69) is 15.3 Å². The maximum absolute atomic E-state index is 12.2. The number of alkyl halides is 1. The number of hydrogen-bond acceptors (Lipinski definition) is 2. The Labute approximate surface area is 76.8 Å². The first-order valence-corrected chi connectivity index (χ1v) is 4.70. The largest absolute Gasteiger partial charge is 0.343 e. The van der Waals surface area contributed by atoms with Crippen LogP contribution >= 0.6 is 0 Å². The van der Waals surface area contributed by atoms with E-state index < -0.39 is 6.67 Å². The monoisotopic (exact) mass is 183 g/mol. The Morgan fingerprint density at radius 2 is 2.54 bits per heavy atom. The van der Waals surface area contributed by atoms with Crippen LogP contribution < -0.4 is 5.32 Å². The molecule has 0 aromatic carbocycles. The van der Waals surface area contributed by atoms with Crippen molar-refractivity contribution in [2.45, 2.75) is 25.4 Å². The molecular weight excluding hydrogens is 169 g/mol. The fourth-order valence-corrected chi connectivity index (χ4v) is 1.74. The van der Waals surface area contributed by atoms with Crippen molar-refractivity contribution >= 4 is 0 Å². The van der Waals surface area contributed by atoms with E-state index in [1.807, 2.05) is 0 Å². The van der Waals surface area contributed by atoms with Gasteiger partial charge >= 0.3 is 0 Å². The molecule has 1 fully saturated rings. The van der Waals surface area contributed by atoms with Gasteiger partial charge in [0.05, 0.1) is 11.9 Å². The Hall–Kier alpha value is -0.900. The lowest BCUT2D eigenvalue weighted by molar-refractivity contribution is 0.445. The Balaban J connectivity index is 2.05. The minimum atomic E-state index is -0.451. The number of halogens is 1. The van der Waals surface area contributed by atoms with E-state index in [1.54, 1.807) is 6.20 Å². The lowest BCUT2D eigenvalue weighted by atomic mass is 9.99. The smallest absolute Gasteiger partial charge is 0.131 e. The van der Waals surface area contributed by atoms with E-state index in [4.69, 9.17) is 0 Å². The van der Waals surface area contributed by atoms with Gasteiger partial charge in [0.2, 0.25) is 0 Å². The molecule has 0 spiro atoms. The van der Waals surface area contributed by atoms with E-state index in [0.717, 1.165) is 25.3 Å². The molecule has 0 bridgehead atoms. The van der Waals surface area contributed by atoms with E-state index in [9.17, 15) is 4.39 Å². The molecule has 1 atom stereocenters. The molecule has 2 rings (SSSR count). The first-order valence-electron chi connectivity index (χ1n) is 4.70. The minimum absolute atomic E-state index is 0.439. The highest BCUT2D eigenvalue weighted by atomic mass is 19.1. The normalized spacial score (nSPS) is 23.3. The molecule has 1 aromatic heterocycles. The summed E-state index contributed by atoms with van der Waals surface area (Å²) in [7, 11) is 0. The molecule has 0 aliphatic carbocycles. The molecule has 13 heavy (non-hydrogen) atoms. The lowest BCUT2D eigenvalue weighted by Gasteiger charge is -2.20. The van der Waals surface area contributed by atoms with Gasteiger partial charge in [-0.3, -0.25) is 0 Å². The predicted molar refractivity (Wildman–Crippen MR) is 48.2 cm³/mol. The molecule has 72 valence electrons. The molecule has 2 N–H and O–H groups in total. The Morgan fingerprint density at radius 3 is 3.15 bits per heavy atom. The number of rotatable bonds is 2. The second kappa shape index (κ2) is 3.87. The molecule has 2 heterocycles. The van der Waals surface area contributed by atoms with E-state index in [-0.39, 0.29) is 0 Å². The number of piperidine rings is 1. The summed E-state index contributed by atoms with van der Waals surface area (Å²) in [5.74, 6) is 1.37. The molecule has 1 aliphatic rings. The van der Waals surface area contributed by atoms with Gasteiger partial charge in [-0.2, -0.15) is 0 Å². The van der Waals surface area contributed by atoms with E-state index in [1.165, 1.54) is 6.42 Å². The van der Waals surface area contributed by atoms with Gasteiger partial charge in [-0.05, 0) is 19.4 Å². The summed E-state index contributed by atoms with van der Waals surface area (Å²) in [5.41, 5.74) is 0.584. The van der Waals surface area contributed by atoms with Gasteiger partial charge in [0.15, 0.2) is 0 Å². The topological polar surface area (TPSA) is 40.7 Å². The van der Waals surface area contributed by atoms with Crippen molar-refractivity contribution in [3.05, 3.63) is 17.7 Å². The zero-order valence-electron chi connectivity index (χ0n) is 7.52. The van der Waals surface area contributed by atoms with Crippen LogP contribution in [0, 0.1) is 0 Å². The van der Waals surface area contributed by atoms with Crippen molar-refractivity contribution in [2.75, 3.05) is 13.1 Å². The Morgan fingerprint density at radius 1 is 1.62 bits per heavy atom. The first-order chi connectivity index (χ1) is 6.40. The van der Waals surface area contributed by atoms with E-state index >= 15 is 0 Å². The van der Waals surface area contributed by atoms with Crippen molar-refractivity contribution in [2.24, 2.45) is 0 Å². The highest BCUT2D eigenvalue weighted by molar-refractivity contribution is 5.06. The summed E-state index contributed by atoms with van der Waals surface area (Å²) in [6.07, 6.45) is 3.91. The maximum atomic E-state index is 12.2. The lowest BCUT2D eigenvalue weighted by Crippen LogP contribution is -2.28. The molecule has 3 nitrogen and oxygen atoms in total. The number of H-pyrrole nitrogens is 1. The maximum Gasteiger partial charge on any atom is 0.131 e. The van der Waals surface area contributed by atoms with Crippen LogP contribution in [0.4, 0.5) is 4.39 Å². The van der Waals surface area contributed by atoms with Gasteiger partial charge in [0.25, 0.3) is 0 Å². The first kappa shape index (κ1) is 8.69. The van der Waals surface area contributed by atoms with Gasteiger partial charge in [-0.15, -0.1) is 0 Å². The van der Waals surface area contributed by atoms with Gasteiger partial charge in [0.1, 0.15) is 12.5 Å². The zero-order chi connectivity index (χ0) is 9.10. The molecule has 1 aromatic rings. The molecule has 0 amide bonds. The third-order valence-corrected chi connectivity index (χ3v) is 2.48. The van der Waals surface area contributed by atoms with Crippen LogP contribution in [0.25, 0.3) is 0 Å². The number of aromatic nitrogens is 2. The minimum Gasteiger partial charge on any atom is -0.343 e. The average Bonchev–Trinajstić information content (AvgIpc) is 2.67. The van der Waals surface area contributed by atoms with Crippen LogP contribution in [0.5, 0.6) is 0 Å². The molecule has 0 saturated carbocycles. The molecule has 1 saturated heterocycles. The number of imidazole rings is 1. The van der Waals surface area contributed by atoms with Crippen molar-refractivity contribution < 1.29 is 4.39 Å². The third-order valence-electron chi connectivity index (χ3n) is 2.48. The summed E-state index contributed by atoms with van der Waals surface area (Å²) in [5, 5.41) is 3.31. The quantitative estimate of drug-likeness (QED) is 0.726. The molecule has 1 unspecified atom stereocenters. The standard InChI is InChI=1S/C9H14FN3/c10-4-8-6-12-9(13-8)7-2-1-3-11-5-7/h6-7,11H,1-5H2,(H,12,13). The van der Waals surface area contributed by atoms with Gasteiger partial charge < -0.3 is 10.3 Å². The fraction of sp³-hybridized carbons (Fsp3) is 0.667. The summed E-state index contributed by atoms with van der Waals surface area (Å²) in [6, 6.07) is 0. The zero-order valence-corrected chi connectivity index (χ0v) is 7.52. The van der Waals surface area contributed by atoms with Gasteiger partial charge in [-0.25, -0.2) is 9.37 Å². The second-order valence-electron chi connectivity index (χ2n) is 3.47. The number of hydrogen-bond donors (Lipinski definition) is 2. The number of aromatic amines is 1. The Bertz CT molecular complexity index is 266. The third kappa shape index (κ3) is 1.88. The van der Waals surface area contributed by atoms with Crippen LogP contribution in [-0.2, 0) is 6.67 Å². The summed E-state index contributed by atoms with van der Waals surface area (Å²) in [6.45, 7) is 1.60. The SMILES string of the molecule is FCc1cnc(C2CCCNC2)[nH]1. The highest BCUT2D eigenvalue weighted by Crippen LogP contribution is 2.20. The van der Waals surface area contributed by atoms with Crippen molar-refractivity contribution in [1.29, 1.82) is 0 Å². The van der Waals surface area contributed by atoms with Gasteiger partial charge in [0, 0.05) is 12.5 Å². The van der Waals surface area contributed by atoms with Crippen LogP contribution in [-0.4, -0.2) is 23.1 Å². The number of nitrogens with zero attached hydrogens (tertiary/aromatic N) is 1. The molecule has 4 heteroatoms. The number of nitrogens with one attached hydrogen (secondary N) is 2. The molecule has 0 radical (unpaired) electrons. The molecular formula is C9H14FN3. The average molecular weight is 183 g/mol. The van der Waals surface area contributed by atoms with Crippen molar-refractivity contribution in [1.82, 2.24) is 15.3 Å². The Kier molecular flexibility index (Phi) is 2.59. The van der Waals surface area contributed by atoms with E-state index in [0.29, 0.717) is 11.6 Å². The second-order valence-corrected chi connectivity index (χ2v) is 3.47. The highest BCUT2D eigenvalue weighted by Gasteiger charge is 2.17. The van der Waals surface area contributed by atoms with Crippen LogP contribution in [0.1, 0.15) is 30.3 Å². The summed E-state index contributed by atoms with van der Waals surface area (Å²) in [4.78, 5) is 7.18. The van der Waals surface area contributed by atoms with Crippen LogP contribution in [0.2, 0.25) is 0 Å². The van der Waals surface area contributed by atoms with Crippen LogP contribution in [0.3, 0.4) is 0 Å². The van der Waals surface area contributed by atoms with Gasteiger partial charge in [-0.1, -0.05) is 0 Å². The predicted octanol–water partition coefficient (Wildman–Crippen LogP) is 1.35. The molecule has 1 aliphatic heterocycles. The van der Waals surface area contributed by atoms with Crippen molar-refractivity contribution in [3.8, 4) is 0 Å². The van der Waals surface area contributed by atoms with Crippen molar-refractivity contribution in [3.63, 3.8) is 0 Å².